The van der Waals surface area contributed by atoms with Crippen molar-refractivity contribution in [3.05, 3.63) is 0 Å². The first-order chi connectivity index (χ1) is 4.54. The van der Waals surface area contributed by atoms with E-state index in [9.17, 15) is 0 Å². The van der Waals surface area contributed by atoms with Crippen molar-refractivity contribution < 1.29 is 4.74 Å². The van der Waals surface area contributed by atoms with Crippen LogP contribution in [0.5, 0.6) is 0 Å². The molecule has 0 amide bonds. The SMILES string of the molecule is CC(C)COC(C)[C@H](C)N. The van der Waals surface area contributed by atoms with Crippen LogP contribution in [0, 0.1) is 5.92 Å². The predicted octanol–water partition coefficient (Wildman–Crippen LogP) is 1.39. The first-order valence-electron chi connectivity index (χ1n) is 3.91. The van der Waals surface area contributed by atoms with Crippen molar-refractivity contribution in [2.24, 2.45) is 11.7 Å². The molecule has 62 valence electrons. The molecule has 0 rings (SSSR count). The normalized spacial score (nSPS) is 17.4. The summed E-state index contributed by atoms with van der Waals surface area (Å²) < 4.78 is 5.44. The minimum absolute atomic E-state index is 0.138. The molecule has 0 fully saturated rings. The van der Waals surface area contributed by atoms with E-state index in [1.165, 1.54) is 0 Å². The lowest BCUT2D eigenvalue weighted by Crippen LogP contribution is -2.32. The van der Waals surface area contributed by atoms with Gasteiger partial charge in [0, 0.05) is 12.6 Å². The predicted molar refractivity (Wildman–Crippen MR) is 43.9 cm³/mol. The molecule has 0 aliphatic rings. The zero-order valence-electron chi connectivity index (χ0n) is 7.42. The van der Waals surface area contributed by atoms with Gasteiger partial charge in [0.1, 0.15) is 0 Å². The third-order valence-corrected chi connectivity index (χ3v) is 1.43. The van der Waals surface area contributed by atoms with E-state index in [0.29, 0.717) is 5.92 Å². The molecule has 0 saturated carbocycles. The van der Waals surface area contributed by atoms with E-state index in [4.69, 9.17) is 10.5 Å². The van der Waals surface area contributed by atoms with Gasteiger partial charge in [0.25, 0.3) is 0 Å². The maximum absolute atomic E-state index is 5.60. The van der Waals surface area contributed by atoms with Gasteiger partial charge in [-0.2, -0.15) is 0 Å². The molecule has 1 unspecified atom stereocenters. The third kappa shape index (κ3) is 4.77. The highest BCUT2D eigenvalue weighted by Crippen LogP contribution is 1.99. The van der Waals surface area contributed by atoms with Crippen LogP contribution in [0.4, 0.5) is 0 Å². The van der Waals surface area contributed by atoms with Crippen molar-refractivity contribution in [3.8, 4) is 0 Å². The summed E-state index contributed by atoms with van der Waals surface area (Å²) in [5.41, 5.74) is 5.60. The fourth-order valence-corrected chi connectivity index (χ4v) is 0.496. The second kappa shape index (κ2) is 4.69. The smallest absolute Gasteiger partial charge is 0.0695 e. The first kappa shape index (κ1) is 9.92. The molecule has 0 aromatic heterocycles. The highest BCUT2D eigenvalue weighted by Gasteiger charge is 2.07. The second-order valence-electron chi connectivity index (χ2n) is 3.29. The average Bonchev–Trinajstić information content (AvgIpc) is 1.82. The van der Waals surface area contributed by atoms with Crippen molar-refractivity contribution in [3.63, 3.8) is 0 Å². The van der Waals surface area contributed by atoms with Crippen molar-refractivity contribution in [2.45, 2.75) is 39.8 Å². The lowest BCUT2D eigenvalue weighted by atomic mass is 10.2. The number of ether oxygens (including phenoxy) is 1. The Kier molecular flexibility index (Phi) is 4.65. The van der Waals surface area contributed by atoms with Gasteiger partial charge in [0.05, 0.1) is 6.10 Å². The highest BCUT2D eigenvalue weighted by molar-refractivity contribution is 4.62. The molecule has 2 nitrogen and oxygen atoms in total. The minimum atomic E-state index is 0.138. The molecule has 0 heterocycles. The zero-order valence-corrected chi connectivity index (χ0v) is 7.42. The fraction of sp³-hybridized carbons (Fsp3) is 1.00. The van der Waals surface area contributed by atoms with Crippen LogP contribution in [0.3, 0.4) is 0 Å². The van der Waals surface area contributed by atoms with E-state index in [1.54, 1.807) is 0 Å². The van der Waals surface area contributed by atoms with E-state index in [0.717, 1.165) is 6.61 Å². The van der Waals surface area contributed by atoms with Crippen LogP contribution in [0.1, 0.15) is 27.7 Å². The van der Waals surface area contributed by atoms with Gasteiger partial charge in [-0.25, -0.2) is 0 Å². The topological polar surface area (TPSA) is 35.2 Å². The summed E-state index contributed by atoms with van der Waals surface area (Å²) in [4.78, 5) is 0. The van der Waals surface area contributed by atoms with Gasteiger partial charge >= 0.3 is 0 Å². The van der Waals surface area contributed by atoms with Crippen LogP contribution in [0.15, 0.2) is 0 Å². The zero-order chi connectivity index (χ0) is 8.15. The summed E-state index contributed by atoms with van der Waals surface area (Å²) in [5, 5.41) is 0. The lowest BCUT2D eigenvalue weighted by Gasteiger charge is -2.17. The largest absolute Gasteiger partial charge is 0.377 e. The molecule has 0 spiro atoms. The van der Waals surface area contributed by atoms with E-state index in [2.05, 4.69) is 13.8 Å². The van der Waals surface area contributed by atoms with Crippen LogP contribution >= 0.6 is 0 Å². The first-order valence-corrected chi connectivity index (χ1v) is 3.91. The van der Waals surface area contributed by atoms with Gasteiger partial charge in [-0.3, -0.25) is 0 Å². The molecule has 2 heteroatoms. The van der Waals surface area contributed by atoms with Crippen LogP contribution in [0.25, 0.3) is 0 Å². The number of rotatable bonds is 4. The summed E-state index contributed by atoms with van der Waals surface area (Å²) in [5.74, 6) is 0.598. The van der Waals surface area contributed by atoms with Crippen molar-refractivity contribution in [1.29, 1.82) is 0 Å². The average molecular weight is 145 g/mol. The van der Waals surface area contributed by atoms with E-state index >= 15 is 0 Å². The Hall–Kier alpha value is -0.0800. The highest BCUT2D eigenvalue weighted by atomic mass is 16.5. The molecule has 0 aromatic carbocycles. The Morgan fingerprint density at radius 1 is 1.20 bits per heavy atom. The molecule has 2 N–H and O–H groups in total. The van der Waals surface area contributed by atoms with Gasteiger partial charge in [-0.05, 0) is 19.8 Å². The molecular weight excluding hydrogens is 126 g/mol. The molecule has 0 saturated heterocycles. The summed E-state index contributed by atoms with van der Waals surface area (Å²) in [6.45, 7) is 9.04. The molecule has 0 aromatic rings. The summed E-state index contributed by atoms with van der Waals surface area (Å²) in [6.07, 6.45) is 0.183. The number of hydrogen-bond donors (Lipinski definition) is 1. The van der Waals surface area contributed by atoms with Crippen molar-refractivity contribution in [1.82, 2.24) is 0 Å². The molecule has 0 aliphatic carbocycles. The van der Waals surface area contributed by atoms with Crippen LogP contribution in [-0.2, 0) is 4.74 Å². The monoisotopic (exact) mass is 145 g/mol. The number of hydrogen-bond acceptors (Lipinski definition) is 2. The maximum atomic E-state index is 5.60. The van der Waals surface area contributed by atoms with E-state index in [-0.39, 0.29) is 12.1 Å². The Balaban J connectivity index is 3.30. The van der Waals surface area contributed by atoms with Crippen molar-refractivity contribution >= 4 is 0 Å². The third-order valence-electron chi connectivity index (χ3n) is 1.43. The summed E-state index contributed by atoms with van der Waals surface area (Å²) >= 11 is 0. The van der Waals surface area contributed by atoms with Crippen LogP contribution in [0.2, 0.25) is 0 Å². The minimum Gasteiger partial charge on any atom is -0.377 e. The van der Waals surface area contributed by atoms with Crippen molar-refractivity contribution in [2.75, 3.05) is 6.61 Å². The molecule has 0 bridgehead atoms. The molecule has 0 radical (unpaired) electrons. The quantitative estimate of drug-likeness (QED) is 0.649. The van der Waals surface area contributed by atoms with Gasteiger partial charge in [-0.1, -0.05) is 13.8 Å². The molecule has 10 heavy (non-hydrogen) atoms. The number of nitrogens with two attached hydrogens (primary N) is 1. The van der Waals surface area contributed by atoms with E-state index in [1.807, 2.05) is 13.8 Å². The van der Waals surface area contributed by atoms with Gasteiger partial charge in [0.15, 0.2) is 0 Å². The fourth-order valence-electron chi connectivity index (χ4n) is 0.496. The molecule has 0 aliphatic heterocycles. The summed E-state index contributed by atoms with van der Waals surface area (Å²) in [7, 11) is 0. The maximum Gasteiger partial charge on any atom is 0.0695 e. The van der Waals surface area contributed by atoms with Gasteiger partial charge < -0.3 is 10.5 Å². The molecular formula is C8H19NO. The Labute approximate surface area is 63.7 Å². The summed E-state index contributed by atoms with van der Waals surface area (Å²) in [6, 6.07) is 0.138. The standard InChI is InChI=1S/C8H19NO/c1-6(2)5-10-8(4)7(3)9/h6-8H,5,9H2,1-4H3/t7-,8?/m0/s1. The van der Waals surface area contributed by atoms with E-state index < -0.39 is 0 Å². The Morgan fingerprint density at radius 2 is 1.70 bits per heavy atom. The Morgan fingerprint density at radius 3 is 2.00 bits per heavy atom. The second-order valence-corrected chi connectivity index (χ2v) is 3.29. The molecule has 2 atom stereocenters. The van der Waals surface area contributed by atoms with Crippen LogP contribution in [-0.4, -0.2) is 18.8 Å². The van der Waals surface area contributed by atoms with Gasteiger partial charge in [-0.15, -0.1) is 0 Å². The van der Waals surface area contributed by atoms with Gasteiger partial charge in [0.2, 0.25) is 0 Å². The lowest BCUT2D eigenvalue weighted by molar-refractivity contribution is 0.0353. The Bertz CT molecular complexity index is 81.3. The van der Waals surface area contributed by atoms with Crippen LogP contribution < -0.4 is 5.73 Å².